The van der Waals surface area contributed by atoms with Gasteiger partial charge in [0.1, 0.15) is 5.76 Å². The van der Waals surface area contributed by atoms with E-state index in [4.69, 9.17) is 4.52 Å². The Morgan fingerprint density at radius 1 is 1.30 bits per heavy atom. The summed E-state index contributed by atoms with van der Waals surface area (Å²) in [6, 6.07) is 0. The number of guanidine groups is 1. The summed E-state index contributed by atoms with van der Waals surface area (Å²) in [6.45, 7) is 10.4. The number of hydrogen-bond donors (Lipinski definition) is 2. The van der Waals surface area contributed by atoms with Crippen LogP contribution in [0.3, 0.4) is 0 Å². The van der Waals surface area contributed by atoms with E-state index in [0.717, 1.165) is 42.8 Å². The Kier molecular flexibility index (Phi) is 6.08. The highest BCUT2D eigenvalue weighted by Gasteiger charge is 2.37. The van der Waals surface area contributed by atoms with Crippen molar-refractivity contribution in [3.63, 3.8) is 0 Å². The first kappa shape index (κ1) is 17.8. The predicted molar refractivity (Wildman–Crippen MR) is 94.8 cm³/mol. The molecule has 0 radical (unpaired) electrons. The van der Waals surface area contributed by atoms with Crippen LogP contribution in [0.15, 0.2) is 9.52 Å². The third-order valence-corrected chi connectivity index (χ3v) is 4.96. The van der Waals surface area contributed by atoms with Crippen molar-refractivity contribution < 1.29 is 4.52 Å². The largest absolute Gasteiger partial charge is 0.361 e. The maximum Gasteiger partial charge on any atom is 0.191 e. The second kappa shape index (κ2) is 7.84. The van der Waals surface area contributed by atoms with Crippen LogP contribution in [0.2, 0.25) is 0 Å². The van der Waals surface area contributed by atoms with Crippen LogP contribution in [-0.4, -0.2) is 31.3 Å². The first-order valence-electron chi connectivity index (χ1n) is 8.82. The van der Waals surface area contributed by atoms with Gasteiger partial charge in [0.15, 0.2) is 5.96 Å². The summed E-state index contributed by atoms with van der Waals surface area (Å²) in [4.78, 5) is 4.35. The van der Waals surface area contributed by atoms with Crippen molar-refractivity contribution in [3.05, 3.63) is 17.0 Å². The number of rotatable bonds is 7. The first-order valence-corrected chi connectivity index (χ1v) is 8.82. The van der Waals surface area contributed by atoms with Gasteiger partial charge in [-0.1, -0.05) is 25.4 Å². The Morgan fingerprint density at radius 3 is 2.52 bits per heavy atom. The standard InChI is InChI=1S/C18H32N4O/c1-13(2)11-18(8-6-9-18)12-21-17(19-5)20-10-7-16-14(3)22-23-15(16)4/h13H,6-12H2,1-5H3,(H2,19,20,21). The van der Waals surface area contributed by atoms with Crippen molar-refractivity contribution in [2.24, 2.45) is 16.3 Å². The van der Waals surface area contributed by atoms with Crippen molar-refractivity contribution in [1.29, 1.82) is 0 Å². The molecule has 23 heavy (non-hydrogen) atoms. The molecule has 0 atom stereocenters. The summed E-state index contributed by atoms with van der Waals surface area (Å²) in [7, 11) is 1.83. The average molecular weight is 320 g/mol. The zero-order valence-corrected chi connectivity index (χ0v) is 15.3. The van der Waals surface area contributed by atoms with Crippen LogP contribution in [0, 0.1) is 25.2 Å². The van der Waals surface area contributed by atoms with Crippen molar-refractivity contribution in [2.75, 3.05) is 20.1 Å². The van der Waals surface area contributed by atoms with Crippen LogP contribution >= 0.6 is 0 Å². The van der Waals surface area contributed by atoms with Crippen molar-refractivity contribution >= 4 is 5.96 Å². The average Bonchev–Trinajstić information content (AvgIpc) is 2.78. The number of aryl methyl sites for hydroxylation is 2. The molecule has 130 valence electrons. The van der Waals surface area contributed by atoms with Gasteiger partial charge in [-0.15, -0.1) is 0 Å². The number of nitrogens with zero attached hydrogens (tertiary/aromatic N) is 2. The molecule has 0 aromatic carbocycles. The van der Waals surface area contributed by atoms with Gasteiger partial charge in [-0.2, -0.15) is 0 Å². The van der Waals surface area contributed by atoms with E-state index in [2.05, 4.69) is 34.6 Å². The third kappa shape index (κ3) is 4.72. The Hall–Kier alpha value is -1.52. The molecule has 0 unspecified atom stereocenters. The van der Waals surface area contributed by atoms with Gasteiger partial charge in [0.05, 0.1) is 5.69 Å². The molecule has 0 spiro atoms. The van der Waals surface area contributed by atoms with E-state index in [1.807, 2.05) is 20.9 Å². The molecule has 1 fully saturated rings. The highest BCUT2D eigenvalue weighted by molar-refractivity contribution is 5.79. The Labute approximate surface area is 140 Å². The van der Waals surface area contributed by atoms with Gasteiger partial charge in [-0.05, 0) is 50.9 Å². The third-order valence-electron chi connectivity index (χ3n) is 4.96. The zero-order valence-electron chi connectivity index (χ0n) is 15.3. The molecule has 5 nitrogen and oxygen atoms in total. The smallest absolute Gasteiger partial charge is 0.191 e. The molecule has 2 N–H and O–H groups in total. The maximum absolute atomic E-state index is 5.21. The summed E-state index contributed by atoms with van der Waals surface area (Å²) in [6.07, 6.45) is 6.25. The highest BCUT2D eigenvalue weighted by atomic mass is 16.5. The van der Waals surface area contributed by atoms with E-state index in [-0.39, 0.29) is 0 Å². The molecule has 2 rings (SSSR count). The van der Waals surface area contributed by atoms with Crippen LogP contribution < -0.4 is 10.6 Å². The molecular formula is C18H32N4O. The molecule has 0 aliphatic heterocycles. The summed E-state index contributed by atoms with van der Waals surface area (Å²) in [5, 5.41) is 10.9. The van der Waals surface area contributed by atoms with Gasteiger partial charge < -0.3 is 15.2 Å². The second-order valence-electron chi connectivity index (χ2n) is 7.36. The van der Waals surface area contributed by atoms with Gasteiger partial charge in [0, 0.05) is 25.7 Å². The molecule has 0 bridgehead atoms. The minimum absolute atomic E-state index is 0.480. The molecule has 1 aromatic heterocycles. The van der Waals surface area contributed by atoms with Gasteiger partial charge in [-0.25, -0.2) is 0 Å². The normalized spacial score (nSPS) is 17.2. The van der Waals surface area contributed by atoms with Crippen LogP contribution in [-0.2, 0) is 6.42 Å². The van der Waals surface area contributed by atoms with E-state index >= 15 is 0 Å². The lowest BCUT2D eigenvalue weighted by Gasteiger charge is -2.43. The second-order valence-corrected chi connectivity index (χ2v) is 7.36. The molecule has 5 heteroatoms. The van der Waals surface area contributed by atoms with E-state index < -0.39 is 0 Å². The maximum atomic E-state index is 5.21. The van der Waals surface area contributed by atoms with Crippen LogP contribution in [0.25, 0.3) is 0 Å². The fourth-order valence-corrected chi connectivity index (χ4v) is 3.65. The van der Waals surface area contributed by atoms with E-state index in [1.165, 1.54) is 31.2 Å². The lowest BCUT2D eigenvalue weighted by atomic mass is 9.64. The Bertz CT molecular complexity index is 510. The molecule has 0 saturated heterocycles. The first-order chi connectivity index (χ1) is 11.0. The monoisotopic (exact) mass is 320 g/mol. The fraction of sp³-hybridized carbons (Fsp3) is 0.778. The zero-order chi connectivity index (χ0) is 16.9. The summed E-state index contributed by atoms with van der Waals surface area (Å²) in [5.41, 5.74) is 2.66. The molecule has 1 aliphatic carbocycles. The van der Waals surface area contributed by atoms with Gasteiger partial charge in [-0.3, -0.25) is 4.99 Å². The molecule has 0 amide bonds. The molecule has 1 heterocycles. The van der Waals surface area contributed by atoms with E-state index in [0.29, 0.717) is 5.41 Å². The summed E-state index contributed by atoms with van der Waals surface area (Å²) in [5.74, 6) is 2.57. The van der Waals surface area contributed by atoms with Crippen molar-refractivity contribution in [3.8, 4) is 0 Å². The van der Waals surface area contributed by atoms with Crippen LogP contribution in [0.5, 0.6) is 0 Å². The molecular weight excluding hydrogens is 288 g/mol. The van der Waals surface area contributed by atoms with Gasteiger partial charge >= 0.3 is 0 Å². The van der Waals surface area contributed by atoms with Crippen molar-refractivity contribution in [1.82, 2.24) is 15.8 Å². The Balaban J connectivity index is 1.77. The molecule has 1 aromatic rings. The number of hydrogen-bond acceptors (Lipinski definition) is 3. The highest BCUT2D eigenvalue weighted by Crippen LogP contribution is 2.45. The Morgan fingerprint density at radius 2 is 2.04 bits per heavy atom. The van der Waals surface area contributed by atoms with Crippen LogP contribution in [0.4, 0.5) is 0 Å². The molecule has 1 saturated carbocycles. The quantitative estimate of drug-likeness (QED) is 0.598. The number of nitrogens with one attached hydrogen (secondary N) is 2. The molecule has 1 aliphatic rings. The number of aliphatic imine (C=N–C) groups is 1. The van der Waals surface area contributed by atoms with E-state index in [1.54, 1.807) is 0 Å². The van der Waals surface area contributed by atoms with Gasteiger partial charge in [0.25, 0.3) is 0 Å². The van der Waals surface area contributed by atoms with Crippen LogP contribution in [0.1, 0.15) is 56.5 Å². The lowest BCUT2D eigenvalue weighted by Crippen LogP contribution is -2.47. The SMILES string of the molecule is CN=C(NCCc1c(C)noc1C)NCC1(CC(C)C)CCC1. The lowest BCUT2D eigenvalue weighted by molar-refractivity contribution is 0.104. The minimum atomic E-state index is 0.480. The van der Waals surface area contributed by atoms with Gasteiger partial charge in [0.2, 0.25) is 0 Å². The predicted octanol–water partition coefficient (Wildman–Crippen LogP) is 3.22. The topological polar surface area (TPSA) is 62.5 Å². The van der Waals surface area contributed by atoms with E-state index in [9.17, 15) is 0 Å². The van der Waals surface area contributed by atoms with Crippen molar-refractivity contribution in [2.45, 2.75) is 59.8 Å². The minimum Gasteiger partial charge on any atom is -0.361 e. The summed E-state index contributed by atoms with van der Waals surface area (Å²) < 4.78 is 5.21. The summed E-state index contributed by atoms with van der Waals surface area (Å²) >= 11 is 0. The fourth-order valence-electron chi connectivity index (χ4n) is 3.65. The number of aromatic nitrogens is 1.